The summed E-state index contributed by atoms with van der Waals surface area (Å²) in [6.45, 7) is 2.00. The second-order valence-corrected chi connectivity index (χ2v) is 6.36. The Hall–Kier alpha value is -1.06. The molecule has 4 rings (SSSR count). The summed E-state index contributed by atoms with van der Waals surface area (Å²) in [6, 6.07) is 10.4. The lowest BCUT2D eigenvalue weighted by atomic mass is 9.94. The van der Waals surface area contributed by atoms with E-state index in [1.54, 1.807) is 0 Å². The molecule has 19 heavy (non-hydrogen) atoms. The third-order valence-corrected chi connectivity index (χ3v) is 5.15. The van der Waals surface area contributed by atoms with Crippen molar-refractivity contribution in [2.45, 2.75) is 49.7 Å². The highest BCUT2D eigenvalue weighted by Gasteiger charge is 2.41. The average molecular weight is 258 g/mol. The number of fused-ring (bicyclic) bond motifs is 3. The third-order valence-electron chi connectivity index (χ3n) is 5.15. The molecule has 1 aromatic carbocycles. The molecule has 3 aliphatic heterocycles. The van der Waals surface area contributed by atoms with Crippen LogP contribution in [0.15, 0.2) is 24.3 Å². The van der Waals surface area contributed by atoms with Gasteiger partial charge in [0.05, 0.1) is 6.61 Å². The van der Waals surface area contributed by atoms with Gasteiger partial charge in [0.15, 0.2) is 0 Å². The average Bonchev–Trinajstić information content (AvgIpc) is 2.92. The van der Waals surface area contributed by atoms with E-state index in [9.17, 15) is 0 Å². The van der Waals surface area contributed by atoms with Gasteiger partial charge in [-0.3, -0.25) is 4.90 Å². The minimum absolute atomic E-state index is 0.431. The van der Waals surface area contributed by atoms with Gasteiger partial charge in [0, 0.05) is 36.2 Å². The van der Waals surface area contributed by atoms with Crippen molar-refractivity contribution in [1.29, 1.82) is 0 Å². The molecule has 2 saturated heterocycles. The Morgan fingerprint density at radius 1 is 1.16 bits per heavy atom. The second-order valence-electron chi connectivity index (χ2n) is 6.36. The standard InChI is InChI=1S/C16H22N2O/c17-12-7-13-5-6-14(8-12)18(13)9-11-10-19-16-4-2-1-3-15(11)16/h1-4,11-14H,5-10,17H2. The molecule has 3 nitrogen and oxygen atoms in total. The van der Waals surface area contributed by atoms with Gasteiger partial charge >= 0.3 is 0 Å². The van der Waals surface area contributed by atoms with Gasteiger partial charge in [-0.25, -0.2) is 0 Å². The Morgan fingerprint density at radius 3 is 2.68 bits per heavy atom. The summed E-state index contributed by atoms with van der Waals surface area (Å²) in [5, 5.41) is 0. The lowest BCUT2D eigenvalue weighted by Crippen LogP contribution is -2.48. The molecule has 1 aromatic rings. The van der Waals surface area contributed by atoms with Crippen molar-refractivity contribution < 1.29 is 4.74 Å². The molecule has 0 aromatic heterocycles. The number of ether oxygens (including phenoxy) is 1. The van der Waals surface area contributed by atoms with Crippen LogP contribution in [0.5, 0.6) is 5.75 Å². The summed E-state index contributed by atoms with van der Waals surface area (Å²) >= 11 is 0. The molecule has 3 heteroatoms. The SMILES string of the molecule is NC1CC2CCC(C1)N2CC1COc2ccccc21. The maximum absolute atomic E-state index is 6.15. The highest BCUT2D eigenvalue weighted by Crippen LogP contribution is 2.40. The van der Waals surface area contributed by atoms with Crippen LogP contribution in [0.3, 0.4) is 0 Å². The second kappa shape index (κ2) is 4.50. The van der Waals surface area contributed by atoms with Gasteiger partial charge < -0.3 is 10.5 Å². The van der Waals surface area contributed by atoms with Crippen LogP contribution in [0.25, 0.3) is 0 Å². The summed E-state index contributed by atoms with van der Waals surface area (Å²) in [4.78, 5) is 2.72. The maximum atomic E-state index is 6.15. The van der Waals surface area contributed by atoms with E-state index in [0.717, 1.165) is 31.0 Å². The Labute approximate surface area is 114 Å². The van der Waals surface area contributed by atoms with E-state index in [4.69, 9.17) is 10.5 Å². The summed E-state index contributed by atoms with van der Waals surface area (Å²) < 4.78 is 5.81. The predicted molar refractivity (Wildman–Crippen MR) is 75.4 cm³/mol. The molecule has 3 heterocycles. The highest BCUT2D eigenvalue weighted by molar-refractivity contribution is 5.39. The highest BCUT2D eigenvalue weighted by atomic mass is 16.5. The summed E-state index contributed by atoms with van der Waals surface area (Å²) in [6.07, 6.45) is 5.05. The van der Waals surface area contributed by atoms with Gasteiger partial charge in [-0.05, 0) is 31.7 Å². The number of piperidine rings is 1. The first kappa shape index (κ1) is 11.7. The number of nitrogens with zero attached hydrogens (tertiary/aromatic N) is 1. The first-order valence-electron chi connectivity index (χ1n) is 7.54. The van der Waals surface area contributed by atoms with Gasteiger partial charge in [-0.2, -0.15) is 0 Å². The van der Waals surface area contributed by atoms with Gasteiger partial charge in [-0.15, -0.1) is 0 Å². The summed E-state index contributed by atoms with van der Waals surface area (Å²) in [5.41, 5.74) is 7.55. The van der Waals surface area contributed by atoms with Gasteiger partial charge in [0.2, 0.25) is 0 Å². The van der Waals surface area contributed by atoms with Crippen molar-refractivity contribution in [2.24, 2.45) is 5.73 Å². The molecule has 3 aliphatic rings. The van der Waals surface area contributed by atoms with Crippen molar-refractivity contribution in [1.82, 2.24) is 4.90 Å². The Morgan fingerprint density at radius 2 is 1.89 bits per heavy atom. The topological polar surface area (TPSA) is 38.5 Å². The van der Waals surface area contributed by atoms with E-state index in [1.807, 2.05) is 0 Å². The molecule has 3 atom stereocenters. The zero-order valence-electron chi connectivity index (χ0n) is 11.3. The van der Waals surface area contributed by atoms with Crippen molar-refractivity contribution in [3.05, 3.63) is 29.8 Å². The van der Waals surface area contributed by atoms with Gasteiger partial charge in [0.25, 0.3) is 0 Å². The van der Waals surface area contributed by atoms with E-state index in [-0.39, 0.29) is 0 Å². The maximum Gasteiger partial charge on any atom is 0.122 e. The number of hydrogen-bond acceptors (Lipinski definition) is 3. The normalized spacial score (nSPS) is 37.1. The summed E-state index contributed by atoms with van der Waals surface area (Å²) in [5.74, 6) is 1.64. The van der Waals surface area contributed by atoms with Crippen LogP contribution in [0.1, 0.15) is 37.2 Å². The zero-order valence-corrected chi connectivity index (χ0v) is 11.3. The van der Waals surface area contributed by atoms with E-state index in [0.29, 0.717) is 12.0 Å². The van der Waals surface area contributed by atoms with Crippen LogP contribution < -0.4 is 10.5 Å². The molecular weight excluding hydrogens is 236 g/mol. The number of hydrogen-bond donors (Lipinski definition) is 1. The number of nitrogens with two attached hydrogens (primary N) is 1. The molecule has 3 unspecified atom stereocenters. The molecule has 102 valence electrons. The number of rotatable bonds is 2. The van der Waals surface area contributed by atoms with E-state index in [2.05, 4.69) is 29.2 Å². The Balaban J connectivity index is 1.51. The fraction of sp³-hybridized carbons (Fsp3) is 0.625. The molecule has 0 aliphatic carbocycles. The third kappa shape index (κ3) is 1.96. The van der Waals surface area contributed by atoms with Crippen molar-refractivity contribution in [3.63, 3.8) is 0 Å². The molecule has 0 radical (unpaired) electrons. The quantitative estimate of drug-likeness (QED) is 0.883. The van der Waals surface area contributed by atoms with Crippen LogP contribution in [-0.2, 0) is 0 Å². The molecule has 0 saturated carbocycles. The molecule has 2 N–H and O–H groups in total. The summed E-state index contributed by atoms with van der Waals surface area (Å²) in [7, 11) is 0. The Kier molecular flexibility index (Phi) is 2.78. The van der Waals surface area contributed by atoms with Crippen molar-refractivity contribution in [3.8, 4) is 5.75 Å². The van der Waals surface area contributed by atoms with E-state index < -0.39 is 0 Å². The van der Waals surface area contributed by atoms with Crippen LogP contribution in [0.2, 0.25) is 0 Å². The van der Waals surface area contributed by atoms with Crippen LogP contribution >= 0.6 is 0 Å². The largest absolute Gasteiger partial charge is 0.493 e. The van der Waals surface area contributed by atoms with Crippen LogP contribution in [-0.4, -0.2) is 36.2 Å². The first-order chi connectivity index (χ1) is 9.31. The van der Waals surface area contributed by atoms with Crippen molar-refractivity contribution >= 4 is 0 Å². The van der Waals surface area contributed by atoms with Crippen molar-refractivity contribution in [2.75, 3.05) is 13.2 Å². The molecule has 0 amide bonds. The van der Waals surface area contributed by atoms with Gasteiger partial charge in [0.1, 0.15) is 5.75 Å². The lowest BCUT2D eigenvalue weighted by molar-refractivity contribution is 0.115. The van der Waals surface area contributed by atoms with Crippen LogP contribution in [0.4, 0.5) is 0 Å². The molecule has 2 bridgehead atoms. The minimum atomic E-state index is 0.431. The molecular formula is C16H22N2O. The fourth-order valence-electron chi connectivity index (χ4n) is 4.25. The zero-order chi connectivity index (χ0) is 12.8. The van der Waals surface area contributed by atoms with E-state index >= 15 is 0 Å². The lowest BCUT2D eigenvalue weighted by Gasteiger charge is -2.38. The smallest absolute Gasteiger partial charge is 0.122 e. The molecule has 2 fully saturated rings. The number of benzene rings is 1. The Bertz CT molecular complexity index is 462. The monoisotopic (exact) mass is 258 g/mol. The van der Waals surface area contributed by atoms with Crippen LogP contribution in [0, 0.1) is 0 Å². The van der Waals surface area contributed by atoms with Gasteiger partial charge in [-0.1, -0.05) is 18.2 Å². The fourth-order valence-corrected chi connectivity index (χ4v) is 4.25. The minimum Gasteiger partial charge on any atom is -0.493 e. The number of para-hydroxylation sites is 1. The van der Waals surface area contributed by atoms with E-state index in [1.165, 1.54) is 31.2 Å². The first-order valence-corrected chi connectivity index (χ1v) is 7.54. The predicted octanol–water partition coefficient (Wildman–Crippen LogP) is 2.12. The molecule has 0 spiro atoms.